The molecular formula is C28H21N5O4S3. The van der Waals surface area contributed by atoms with Crippen LogP contribution in [0.2, 0.25) is 0 Å². The number of hydrogen-bond donors (Lipinski definition) is 2. The number of anilines is 1. The van der Waals surface area contributed by atoms with Crippen molar-refractivity contribution in [3.63, 3.8) is 0 Å². The number of aromatic nitrogens is 3. The summed E-state index contributed by atoms with van der Waals surface area (Å²) in [7, 11) is 0. The smallest absolute Gasteiger partial charge is 0.271 e. The molecule has 0 fully saturated rings. The van der Waals surface area contributed by atoms with Crippen LogP contribution in [0.15, 0.2) is 107 Å². The molecule has 40 heavy (non-hydrogen) atoms. The summed E-state index contributed by atoms with van der Waals surface area (Å²) in [5.41, 5.74) is 1.72. The number of para-hydroxylation sites is 1. The number of aryl methyl sites for hydroxylation is 1. The van der Waals surface area contributed by atoms with E-state index in [-0.39, 0.29) is 17.0 Å². The first-order chi connectivity index (χ1) is 19.4. The van der Waals surface area contributed by atoms with Gasteiger partial charge in [-0.3, -0.25) is 19.0 Å². The van der Waals surface area contributed by atoms with Gasteiger partial charge in [0.25, 0.3) is 17.0 Å². The molecule has 1 aliphatic rings. The highest BCUT2D eigenvalue weighted by molar-refractivity contribution is 7.99. The predicted molar refractivity (Wildman–Crippen MR) is 156 cm³/mol. The highest BCUT2D eigenvalue weighted by Gasteiger charge is 2.33. The molecule has 4 aromatic heterocycles. The van der Waals surface area contributed by atoms with E-state index in [1.54, 1.807) is 36.6 Å². The van der Waals surface area contributed by atoms with Gasteiger partial charge in [-0.05, 0) is 61.3 Å². The zero-order chi connectivity index (χ0) is 27.8. The van der Waals surface area contributed by atoms with Crippen LogP contribution in [-0.2, 0) is 4.79 Å². The van der Waals surface area contributed by atoms with E-state index in [1.165, 1.54) is 40.5 Å². The van der Waals surface area contributed by atoms with Crippen LogP contribution in [0.3, 0.4) is 0 Å². The number of thiazole rings is 1. The molecule has 0 saturated carbocycles. The molecule has 0 aliphatic carbocycles. The average Bonchev–Trinajstić information content (AvgIpc) is 3.65. The third-order valence-electron chi connectivity index (χ3n) is 6.03. The first kappa shape index (κ1) is 26.0. The summed E-state index contributed by atoms with van der Waals surface area (Å²) in [4.78, 5) is 52.0. The van der Waals surface area contributed by atoms with Crippen molar-refractivity contribution >= 4 is 52.1 Å². The topological polar surface area (TPSA) is 122 Å². The number of amides is 1. The van der Waals surface area contributed by atoms with Gasteiger partial charge < -0.3 is 14.7 Å². The summed E-state index contributed by atoms with van der Waals surface area (Å²) in [5.74, 6) is 0.156. The molecule has 200 valence electrons. The maximum absolute atomic E-state index is 13.8. The normalized spacial score (nSPS) is 15.2. The lowest BCUT2D eigenvalue weighted by Gasteiger charge is -2.24. The van der Waals surface area contributed by atoms with Crippen molar-refractivity contribution in [3.8, 4) is 0 Å². The molecule has 1 aromatic carbocycles. The van der Waals surface area contributed by atoms with Crippen LogP contribution < -0.4 is 25.8 Å². The number of benzene rings is 1. The summed E-state index contributed by atoms with van der Waals surface area (Å²) in [6.07, 6.45) is 1.66. The van der Waals surface area contributed by atoms with Crippen LogP contribution >= 0.6 is 34.4 Å². The van der Waals surface area contributed by atoms with Crippen LogP contribution in [0.5, 0.6) is 0 Å². The Hall–Kier alpha value is -4.26. The first-order valence-corrected chi connectivity index (χ1v) is 14.6. The zero-order valence-corrected chi connectivity index (χ0v) is 23.7. The van der Waals surface area contributed by atoms with Crippen molar-refractivity contribution in [2.75, 3.05) is 5.32 Å². The van der Waals surface area contributed by atoms with E-state index in [0.29, 0.717) is 48.0 Å². The number of carbonyl (C=O) groups excluding carboxylic acids is 1. The average molecular weight is 588 g/mol. The molecule has 12 heteroatoms. The van der Waals surface area contributed by atoms with E-state index in [2.05, 4.69) is 20.3 Å². The minimum atomic E-state index is -0.617. The van der Waals surface area contributed by atoms with Gasteiger partial charge in [0.05, 0.1) is 15.8 Å². The summed E-state index contributed by atoms with van der Waals surface area (Å²) in [5, 5.41) is 5.79. The Balaban J connectivity index is 1.37. The summed E-state index contributed by atoms with van der Waals surface area (Å²) < 4.78 is 7.91. The zero-order valence-electron chi connectivity index (χ0n) is 21.2. The number of allylic oxidation sites excluding steroid dienone is 1. The molecule has 0 spiro atoms. The second-order valence-corrected chi connectivity index (χ2v) is 11.8. The van der Waals surface area contributed by atoms with Crippen LogP contribution in [0, 0.1) is 6.92 Å². The monoisotopic (exact) mass is 587 g/mol. The predicted octanol–water partition coefficient (Wildman–Crippen LogP) is 4.07. The van der Waals surface area contributed by atoms with E-state index >= 15 is 0 Å². The Morgan fingerprint density at radius 2 is 1.95 bits per heavy atom. The Morgan fingerprint density at radius 3 is 2.70 bits per heavy atom. The molecule has 0 saturated heterocycles. The number of thiophene rings is 1. The molecule has 0 bridgehead atoms. The van der Waals surface area contributed by atoms with Crippen molar-refractivity contribution in [3.05, 3.63) is 124 Å². The van der Waals surface area contributed by atoms with Gasteiger partial charge in [0.15, 0.2) is 15.1 Å². The second-order valence-electron chi connectivity index (χ2n) is 8.87. The van der Waals surface area contributed by atoms with E-state index < -0.39 is 6.04 Å². The standard InChI is InChI=1S/C28H21N5O4S3/c1-15-13-21(34)32-27(29-15)40-22-11-10-18(37-22)14-20-26(36)33-24(19-9-6-12-38-19)23(16(2)30-28(33)39-20)25(35)31-17-7-4-3-5-8-17/h3-14,24H,1-2H3,(H,31,35)(H,29,32,34)/b20-14+/t24-/m1/s1. The van der Waals surface area contributed by atoms with Crippen molar-refractivity contribution in [2.24, 2.45) is 4.99 Å². The number of H-pyrrole nitrogens is 1. The van der Waals surface area contributed by atoms with E-state index in [0.717, 1.165) is 4.88 Å². The van der Waals surface area contributed by atoms with Crippen molar-refractivity contribution in [1.29, 1.82) is 0 Å². The number of nitrogens with one attached hydrogen (secondary N) is 2. The molecule has 1 amide bonds. The van der Waals surface area contributed by atoms with Gasteiger partial charge in [-0.2, -0.15) is 0 Å². The van der Waals surface area contributed by atoms with Crippen molar-refractivity contribution < 1.29 is 9.21 Å². The van der Waals surface area contributed by atoms with Crippen LogP contribution in [0.1, 0.15) is 29.3 Å². The number of furan rings is 1. The van der Waals surface area contributed by atoms with Crippen LogP contribution in [0.25, 0.3) is 6.08 Å². The maximum Gasteiger partial charge on any atom is 0.271 e. The summed E-state index contributed by atoms with van der Waals surface area (Å²) in [6.45, 7) is 3.53. The first-order valence-electron chi connectivity index (χ1n) is 12.1. The SMILES string of the molecule is CC1=C(C(=O)Nc2ccccc2)[C@@H](c2cccs2)n2c(s/c(=C/c3ccc(Sc4nc(C)cc(=O)[nH]4)o3)c2=O)=N1. The summed E-state index contributed by atoms with van der Waals surface area (Å²) >= 11 is 3.89. The molecule has 0 unspecified atom stereocenters. The number of hydrogen-bond acceptors (Lipinski definition) is 9. The molecule has 5 heterocycles. The number of fused-ring (bicyclic) bond motifs is 1. The fourth-order valence-electron chi connectivity index (χ4n) is 4.34. The van der Waals surface area contributed by atoms with Gasteiger partial charge in [0, 0.05) is 28.4 Å². The highest BCUT2D eigenvalue weighted by Crippen LogP contribution is 2.33. The third-order valence-corrected chi connectivity index (χ3v) is 8.75. The van der Waals surface area contributed by atoms with Gasteiger partial charge in [0.2, 0.25) is 0 Å². The van der Waals surface area contributed by atoms with Crippen LogP contribution in [-0.4, -0.2) is 20.4 Å². The van der Waals surface area contributed by atoms with Crippen molar-refractivity contribution in [2.45, 2.75) is 30.1 Å². The lowest BCUT2D eigenvalue weighted by atomic mass is 10.0. The van der Waals surface area contributed by atoms with Gasteiger partial charge in [-0.25, -0.2) is 9.98 Å². The molecule has 1 aliphatic heterocycles. The minimum absolute atomic E-state index is 0.240. The maximum atomic E-state index is 13.8. The highest BCUT2D eigenvalue weighted by atomic mass is 32.2. The Labute approximate surface area is 239 Å². The fraction of sp³-hybridized carbons (Fsp3) is 0.107. The fourth-order valence-corrected chi connectivity index (χ4v) is 7.00. The lowest BCUT2D eigenvalue weighted by Crippen LogP contribution is -2.40. The van der Waals surface area contributed by atoms with Gasteiger partial charge >= 0.3 is 0 Å². The molecule has 6 rings (SSSR count). The van der Waals surface area contributed by atoms with Crippen LogP contribution in [0.4, 0.5) is 5.69 Å². The van der Waals surface area contributed by atoms with Gasteiger partial charge in [-0.1, -0.05) is 35.6 Å². The molecule has 1 atom stereocenters. The van der Waals surface area contributed by atoms with Crippen molar-refractivity contribution in [1.82, 2.24) is 14.5 Å². The molecule has 0 radical (unpaired) electrons. The Morgan fingerprint density at radius 1 is 1.12 bits per heavy atom. The van der Waals surface area contributed by atoms with Gasteiger partial charge in [0.1, 0.15) is 11.8 Å². The van der Waals surface area contributed by atoms with E-state index in [4.69, 9.17) is 4.42 Å². The Bertz CT molecular complexity index is 2000. The molecule has 5 aromatic rings. The molecular weight excluding hydrogens is 567 g/mol. The number of carbonyl (C=O) groups is 1. The largest absolute Gasteiger partial charge is 0.450 e. The minimum Gasteiger partial charge on any atom is -0.450 e. The third kappa shape index (κ3) is 5.16. The molecule has 9 nitrogen and oxygen atoms in total. The van der Waals surface area contributed by atoms with E-state index in [1.807, 2.05) is 47.8 Å². The second kappa shape index (κ2) is 10.7. The Kier molecular flexibility index (Phi) is 6.96. The van der Waals surface area contributed by atoms with Gasteiger partial charge in [-0.15, -0.1) is 11.3 Å². The summed E-state index contributed by atoms with van der Waals surface area (Å²) in [6, 6.07) is 17.3. The lowest BCUT2D eigenvalue weighted by molar-refractivity contribution is -0.113. The quantitative estimate of drug-likeness (QED) is 0.289. The number of nitrogens with zero attached hydrogens (tertiary/aromatic N) is 3. The number of aromatic amines is 1. The molecule has 2 N–H and O–H groups in total. The van der Waals surface area contributed by atoms with E-state index in [9.17, 15) is 14.4 Å². The number of rotatable bonds is 6.